The second-order valence-corrected chi connectivity index (χ2v) is 5.60. The summed E-state index contributed by atoms with van der Waals surface area (Å²) in [6.07, 6.45) is 1.57. The van der Waals surface area contributed by atoms with Crippen LogP contribution in [0.4, 0.5) is 4.39 Å². The second-order valence-electron chi connectivity index (χ2n) is 5.60. The van der Waals surface area contributed by atoms with Crippen LogP contribution in [-0.4, -0.2) is 22.8 Å². The zero-order chi connectivity index (χ0) is 17.8. The van der Waals surface area contributed by atoms with E-state index in [2.05, 4.69) is 10.3 Å². The van der Waals surface area contributed by atoms with Crippen molar-refractivity contribution < 1.29 is 14.0 Å². The highest BCUT2D eigenvalue weighted by atomic mass is 19.1. The zero-order valence-electron chi connectivity index (χ0n) is 13.3. The quantitative estimate of drug-likeness (QED) is 0.748. The molecule has 0 unspecified atom stereocenters. The number of pyridine rings is 1. The third kappa shape index (κ3) is 3.63. The number of aromatic nitrogens is 1. The molecule has 3 aromatic rings. The lowest BCUT2D eigenvalue weighted by Gasteiger charge is -2.16. The highest BCUT2D eigenvalue weighted by Crippen LogP contribution is 2.16. The first-order chi connectivity index (χ1) is 12.1. The van der Waals surface area contributed by atoms with Gasteiger partial charge in [-0.2, -0.15) is 0 Å². The van der Waals surface area contributed by atoms with Crippen molar-refractivity contribution in [2.45, 2.75) is 12.5 Å². The van der Waals surface area contributed by atoms with Crippen molar-refractivity contribution in [3.63, 3.8) is 0 Å². The van der Waals surface area contributed by atoms with Crippen LogP contribution in [-0.2, 0) is 11.2 Å². The van der Waals surface area contributed by atoms with Gasteiger partial charge in [-0.15, -0.1) is 0 Å². The maximum Gasteiger partial charge on any atom is 0.254 e. The summed E-state index contributed by atoms with van der Waals surface area (Å²) in [5.41, 5.74) is 6.55. The van der Waals surface area contributed by atoms with Crippen LogP contribution in [0.2, 0.25) is 0 Å². The molecule has 1 atom stereocenters. The number of halogens is 1. The summed E-state index contributed by atoms with van der Waals surface area (Å²) in [6, 6.07) is 13.8. The van der Waals surface area contributed by atoms with Gasteiger partial charge in [-0.05, 0) is 23.8 Å². The molecule has 25 heavy (non-hydrogen) atoms. The van der Waals surface area contributed by atoms with Crippen molar-refractivity contribution in [1.29, 1.82) is 0 Å². The number of rotatable bonds is 5. The average molecular weight is 337 g/mol. The normalized spacial score (nSPS) is 11.9. The molecule has 0 spiro atoms. The Morgan fingerprint density at radius 2 is 1.84 bits per heavy atom. The summed E-state index contributed by atoms with van der Waals surface area (Å²) in [5.74, 6) is -1.66. The van der Waals surface area contributed by atoms with Gasteiger partial charge in [0.1, 0.15) is 11.9 Å². The summed E-state index contributed by atoms with van der Waals surface area (Å²) < 4.78 is 13.8. The van der Waals surface area contributed by atoms with Gasteiger partial charge in [0.2, 0.25) is 5.91 Å². The van der Waals surface area contributed by atoms with E-state index < -0.39 is 23.7 Å². The summed E-state index contributed by atoms with van der Waals surface area (Å²) in [4.78, 5) is 28.5. The maximum absolute atomic E-state index is 13.8. The fourth-order valence-electron chi connectivity index (χ4n) is 2.63. The molecule has 0 bridgehead atoms. The van der Waals surface area contributed by atoms with Crippen LogP contribution in [0.5, 0.6) is 0 Å². The number of amides is 2. The summed E-state index contributed by atoms with van der Waals surface area (Å²) in [6.45, 7) is 0. The number of nitrogens with two attached hydrogens (primary N) is 1. The summed E-state index contributed by atoms with van der Waals surface area (Å²) in [7, 11) is 0. The van der Waals surface area contributed by atoms with E-state index in [-0.39, 0.29) is 6.42 Å². The monoisotopic (exact) mass is 337 g/mol. The first kappa shape index (κ1) is 16.6. The van der Waals surface area contributed by atoms with E-state index >= 15 is 0 Å². The van der Waals surface area contributed by atoms with Gasteiger partial charge in [-0.25, -0.2) is 4.39 Å². The number of hydrogen-bond donors (Lipinski definition) is 2. The van der Waals surface area contributed by atoms with Crippen molar-refractivity contribution in [1.82, 2.24) is 10.3 Å². The van der Waals surface area contributed by atoms with E-state index in [1.165, 1.54) is 6.07 Å². The molecule has 0 radical (unpaired) electrons. The van der Waals surface area contributed by atoms with E-state index in [0.29, 0.717) is 16.6 Å². The Morgan fingerprint density at radius 3 is 2.60 bits per heavy atom. The molecule has 0 fully saturated rings. The molecule has 1 heterocycles. The number of nitrogens with one attached hydrogen (secondary N) is 1. The van der Waals surface area contributed by atoms with Crippen molar-refractivity contribution >= 4 is 22.7 Å². The van der Waals surface area contributed by atoms with Crippen LogP contribution < -0.4 is 11.1 Å². The number of para-hydroxylation sites is 1. The van der Waals surface area contributed by atoms with E-state index in [1.54, 1.807) is 42.6 Å². The third-order valence-corrected chi connectivity index (χ3v) is 3.91. The topological polar surface area (TPSA) is 85.1 Å². The van der Waals surface area contributed by atoms with Crippen LogP contribution in [0.15, 0.2) is 60.8 Å². The standard InChI is InChI=1S/C19H16FN3O2/c20-15-9-2-1-5-13(15)11-16(18(21)24)23-19(25)14-8-3-6-12-7-4-10-22-17(12)14/h1-10,16H,11H2,(H2,21,24)(H,23,25)/t16-/m1/s1. The van der Waals surface area contributed by atoms with Gasteiger partial charge in [-0.3, -0.25) is 14.6 Å². The molecule has 2 aromatic carbocycles. The molecule has 0 aliphatic carbocycles. The number of hydrogen-bond acceptors (Lipinski definition) is 3. The number of carbonyl (C=O) groups excluding carboxylic acids is 2. The van der Waals surface area contributed by atoms with Crippen molar-refractivity contribution in [2.75, 3.05) is 0 Å². The lowest BCUT2D eigenvalue weighted by molar-refractivity contribution is -0.119. The van der Waals surface area contributed by atoms with Gasteiger partial charge in [0.05, 0.1) is 11.1 Å². The van der Waals surface area contributed by atoms with Gasteiger partial charge in [0.25, 0.3) is 5.91 Å². The highest BCUT2D eigenvalue weighted by Gasteiger charge is 2.22. The second kappa shape index (κ2) is 7.09. The average Bonchev–Trinajstić information content (AvgIpc) is 2.62. The maximum atomic E-state index is 13.8. The molecule has 0 saturated carbocycles. The molecule has 1 aromatic heterocycles. The predicted molar refractivity (Wildman–Crippen MR) is 92.3 cm³/mol. The van der Waals surface area contributed by atoms with Gasteiger partial charge < -0.3 is 11.1 Å². The molecule has 0 aliphatic rings. The zero-order valence-corrected chi connectivity index (χ0v) is 13.3. The minimum atomic E-state index is -1.02. The van der Waals surface area contributed by atoms with Crippen LogP contribution in [0.3, 0.4) is 0 Å². The van der Waals surface area contributed by atoms with Crippen molar-refractivity contribution in [3.05, 3.63) is 77.7 Å². The first-order valence-electron chi connectivity index (χ1n) is 7.73. The van der Waals surface area contributed by atoms with Crippen LogP contribution in [0.25, 0.3) is 10.9 Å². The molecule has 0 saturated heterocycles. The number of nitrogens with zero attached hydrogens (tertiary/aromatic N) is 1. The van der Waals surface area contributed by atoms with Gasteiger partial charge in [0.15, 0.2) is 0 Å². The number of carbonyl (C=O) groups is 2. The highest BCUT2D eigenvalue weighted by molar-refractivity contribution is 6.06. The Hall–Kier alpha value is -3.28. The van der Waals surface area contributed by atoms with Gasteiger partial charge >= 0.3 is 0 Å². The van der Waals surface area contributed by atoms with Crippen molar-refractivity contribution in [3.8, 4) is 0 Å². The largest absolute Gasteiger partial charge is 0.368 e. The van der Waals surface area contributed by atoms with Gasteiger partial charge in [-0.1, -0.05) is 36.4 Å². The SMILES string of the molecule is NC(=O)[C@@H](Cc1ccccc1F)NC(=O)c1cccc2cccnc12. The third-order valence-electron chi connectivity index (χ3n) is 3.91. The lowest BCUT2D eigenvalue weighted by Crippen LogP contribution is -2.46. The van der Waals surface area contributed by atoms with Crippen LogP contribution in [0, 0.1) is 5.82 Å². The molecule has 3 N–H and O–H groups in total. The molecule has 5 nitrogen and oxygen atoms in total. The smallest absolute Gasteiger partial charge is 0.254 e. The van der Waals surface area contributed by atoms with E-state index in [4.69, 9.17) is 5.73 Å². The number of primary amides is 1. The predicted octanol–water partition coefficient (Wildman–Crippen LogP) is 2.20. The van der Waals surface area contributed by atoms with E-state index in [0.717, 1.165) is 5.39 Å². The van der Waals surface area contributed by atoms with Crippen molar-refractivity contribution in [2.24, 2.45) is 5.73 Å². The van der Waals surface area contributed by atoms with E-state index in [9.17, 15) is 14.0 Å². The fourth-order valence-corrected chi connectivity index (χ4v) is 2.63. The van der Waals surface area contributed by atoms with Gasteiger partial charge in [0, 0.05) is 18.0 Å². The summed E-state index contributed by atoms with van der Waals surface area (Å²) >= 11 is 0. The Kier molecular flexibility index (Phi) is 4.70. The molecular formula is C19H16FN3O2. The minimum Gasteiger partial charge on any atom is -0.368 e. The number of fused-ring (bicyclic) bond motifs is 1. The minimum absolute atomic E-state index is 0.0219. The number of benzene rings is 2. The first-order valence-corrected chi connectivity index (χ1v) is 7.73. The molecular weight excluding hydrogens is 321 g/mol. The van der Waals surface area contributed by atoms with Crippen LogP contribution in [0.1, 0.15) is 15.9 Å². The van der Waals surface area contributed by atoms with Crippen LogP contribution >= 0.6 is 0 Å². The lowest BCUT2D eigenvalue weighted by atomic mass is 10.0. The Morgan fingerprint density at radius 1 is 1.08 bits per heavy atom. The molecule has 3 rings (SSSR count). The Bertz CT molecular complexity index is 937. The summed E-state index contributed by atoms with van der Waals surface area (Å²) in [5, 5.41) is 3.39. The molecule has 2 amide bonds. The van der Waals surface area contributed by atoms with E-state index in [1.807, 2.05) is 12.1 Å². The molecule has 6 heteroatoms. The fraction of sp³-hybridized carbons (Fsp3) is 0.105. The molecule has 0 aliphatic heterocycles. The molecule has 126 valence electrons. The Labute approximate surface area is 143 Å². The Balaban J connectivity index is 1.86.